The van der Waals surface area contributed by atoms with E-state index in [0.717, 1.165) is 0 Å². The molecule has 3 amide bonds. The molecule has 0 unspecified atom stereocenters. The van der Waals surface area contributed by atoms with Crippen LogP contribution in [0, 0.1) is 5.92 Å². The van der Waals surface area contributed by atoms with Crippen LogP contribution in [0.4, 0.5) is 5.69 Å². The molecule has 0 aliphatic carbocycles. The van der Waals surface area contributed by atoms with E-state index < -0.39 is 5.91 Å². The Kier molecular flexibility index (Phi) is 8.17. The summed E-state index contributed by atoms with van der Waals surface area (Å²) in [5.41, 5.74) is 0.871. The standard InChI is InChI=1S/C24H31N5O5/c1-15-12-29(17(3)30)16(2)14-34-21-7-6-18(27-23(31)20-11-25-8-9-26-20)10-19(21)24(32)28(4)13-22(15)33-5/h6-11,15-16,22H,12-14H2,1-5H3,(H,27,31)/t15-,16+,22-/m1/s1. The summed E-state index contributed by atoms with van der Waals surface area (Å²) >= 11 is 0. The average Bonchev–Trinajstić information content (AvgIpc) is 2.83. The molecule has 3 atom stereocenters. The summed E-state index contributed by atoms with van der Waals surface area (Å²) in [5.74, 6) is -0.407. The summed E-state index contributed by atoms with van der Waals surface area (Å²) in [6, 6.07) is 4.65. The molecule has 10 heteroatoms. The van der Waals surface area contributed by atoms with Crippen LogP contribution in [0.25, 0.3) is 0 Å². The van der Waals surface area contributed by atoms with E-state index in [1.54, 1.807) is 42.2 Å². The maximum Gasteiger partial charge on any atom is 0.275 e. The Morgan fingerprint density at radius 2 is 1.97 bits per heavy atom. The maximum atomic E-state index is 13.4. The fourth-order valence-corrected chi connectivity index (χ4v) is 3.90. The molecule has 0 spiro atoms. The molecule has 1 aliphatic rings. The molecular weight excluding hydrogens is 438 g/mol. The summed E-state index contributed by atoms with van der Waals surface area (Å²) in [4.78, 5) is 49.4. The van der Waals surface area contributed by atoms with Crippen LogP contribution in [0.5, 0.6) is 5.75 Å². The van der Waals surface area contributed by atoms with E-state index in [2.05, 4.69) is 15.3 Å². The summed E-state index contributed by atoms with van der Waals surface area (Å²) in [6.07, 6.45) is 4.00. The zero-order valence-corrected chi connectivity index (χ0v) is 20.1. The Morgan fingerprint density at radius 3 is 2.62 bits per heavy atom. The topological polar surface area (TPSA) is 114 Å². The van der Waals surface area contributed by atoms with Crippen molar-refractivity contribution in [1.82, 2.24) is 19.8 Å². The number of carbonyl (C=O) groups excluding carboxylic acids is 3. The normalized spacial score (nSPS) is 21.6. The lowest BCUT2D eigenvalue weighted by atomic mass is 10.0. The van der Waals surface area contributed by atoms with Crippen LogP contribution in [-0.2, 0) is 9.53 Å². The molecule has 0 fully saturated rings. The van der Waals surface area contributed by atoms with Gasteiger partial charge in [-0.25, -0.2) is 4.98 Å². The number of benzene rings is 1. The van der Waals surface area contributed by atoms with Crippen molar-refractivity contribution in [3.63, 3.8) is 0 Å². The molecule has 3 rings (SSSR count). The number of nitrogens with zero attached hydrogens (tertiary/aromatic N) is 4. The van der Waals surface area contributed by atoms with Gasteiger partial charge in [-0.05, 0) is 25.1 Å². The highest BCUT2D eigenvalue weighted by atomic mass is 16.5. The van der Waals surface area contributed by atoms with Gasteiger partial charge in [-0.15, -0.1) is 0 Å². The van der Waals surface area contributed by atoms with Crippen LogP contribution in [0.1, 0.15) is 41.6 Å². The van der Waals surface area contributed by atoms with Gasteiger partial charge >= 0.3 is 0 Å². The van der Waals surface area contributed by atoms with Crippen LogP contribution in [0.15, 0.2) is 36.8 Å². The minimum Gasteiger partial charge on any atom is -0.491 e. The van der Waals surface area contributed by atoms with Crippen LogP contribution in [-0.4, -0.2) is 83.5 Å². The number of fused-ring (bicyclic) bond motifs is 1. The fraction of sp³-hybridized carbons (Fsp3) is 0.458. The molecular formula is C24H31N5O5. The van der Waals surface area contributed by atoms with Crippen LogP contribution in [0.2, 0.25) is 0 Å². The molecule has 1 aliphatic heterocycles. The Labute approximate surface area is 199 Å². The lowest BCUT2D eigenvalue weighted by molar-refractivity contribution is -0.133. The molecule has 0 saturated carbocycles. The molecule has 0 bridgehead atoms. The third-order valence-electron chi connectivity index (χ3n) is 5.90. The van der Waals surface area contributed by atoms with Crippen molar-refractivity contribution in [2.24, 2.45) is 5.92 Å². The molecule has 1 aromatic carbocycles. The summed E-state index contributed by atoms with van der Waals surface area (Å²) in [6.45, 7) is 6.46. The second kappa shape index (κ2) is 11.1. The van der Waals surface area contributed by atoms with E-state index in [4.69, 9.17) is 9.47 Å². The van der Waals surface area contributed by atoms with E-state index in [9.17, 15) is 14.4 Å². The van der Waals surface area contributed by atoms with Crippen molar-refractivity contribution >= 4 is 23.4 Å². The summed E-state index contributed by atoms with van der Waals surface area (Å²) in [5, 5.41) is 2.74. The quantitative estimate of drug-likeness (QED) is 0.732. The molecule has 2 heterocycles. The highest BCUT2D eigenvalue weighted by Gasteiger charge is 2.29. The zero-order chi connectivity index (χ0) is 24.8. The van der Waals surface area contributed by atoms with Gasteiger partial charge in [0.2, 0.25) is 5.91 Å². The number of methoxy groups -OCH3 is 1. The number of hydrogen-bond acceptors (Lipinski definition) is 7. The van der Waals surface area contributed by atoms with Gasteiger partial charge in [0.15, 0.2) is 0 Å². The first kappa shape index (κ1) is 25.1. The van der Waals surface area contributed by atoms with Crippen molar-refractivity contribution < 1.29 is 23.9 Å². The number of rotatable bonds is 3. The van der Waals surface area contributed by atoms with Gasteiger partial charge in [-0.2, -0.15) is 0 Å². The van der Waals surface area contributed by atoms with Gasteiger partial charge in [0.1, 0.15) is 18.1 Å². The van der Waals surface area contributed by atoms with Crippen molar-refractivity contribution in [3.05, 3.63) is 48.0 Å². The van der Waals surface area contributed by atoms with Gasteiger partial charge in [-0.1, -0.05) is 6.92 Å². The van der Waals surface area contributed by atoms with Crippen LogP contribution in [0.3, 0.4) is 0 Å². The predicted octanol–water partition coefficient (Wildman–Crippen LogP) is 2.08. The lowest BCUT2D eigenvalue weighted by Gasteiger charge is -2.35. The van der Waals surface area contributed by atoms with Crippen molar-refractivity contribution in [2.75, 3.05) is 39.2 Å². The van der Waals surface area contributed by atoms with Crippen molar-refractivity contribution in [1.29, 1.82) is 0 Å². The van der Waals surface area contributed by atoms with Gasteiger partial charge in [0.25, 0.3) is 11.8 Å². The Morgan fingerprint density at radius 1 is 1.21 bits per heavy atom. The Hall–Kier alpha value is -3.53. The molecule has 0 saturated heterocycles. The molecule has 1 aromatic heterocycles. The first-order valence-electron chi connectivity index (χ1n) is 11.1. The highest BCUT2D eigenvalue weighted by molar-refractivity contribution is 6.04. The van der Waals surface area contributed by atoms with Crippen molar-refractivity contribution in [2.45, 2.75) is 32.9 Å². The van der Waals surface area contributed by atoms with E-state index in [1.807, 2.05) is 13.8 Å². The monoisotopic (exact) mass is 469 g/mol. The SMILES string of the molecule is CO[C@@H]1CN(C)C(=O)c2cc(NC(=O)c3cnccn3)ccc2OC[C@H](C)N(C(C)=O)C[C@H]1C. The largest absolute Gasteiger partial charge is 0.491 e. The number of ether oxygens (including phenoxy) is 2. The zero-order valence-electron chi connectivity index (χ0n) is 20.1. The second-order valence-corrected chi connectivity index (χ2v) is 8.52. The second-order valence-electron chi connectivity index (χ2n) is 8.52. The third kappa shape index (κ3) is 5.88. The Balaban J connectivity index is 1.94. The number of aromatic nitrogens is 2. The minimum atomic E-state index is -0.443. The molecule has 10 nitrogen and oxygen atoms in total. The van der Waals surface area contributed by atoms with Crippen molar-refractivity contribution in [3.8, 4) is 5.75 Å². The maximum absolute atomic E-state index is 13.4. The molecule has 2 aromatic rings. The van der Waals surface area contributed by atoms with Crippen LogP contribution >= 0.6 is 0 Å². The number of amides is 3. The first-order chi connectivity index (χ1) is 16.2. The third-order valence-corrected chi connectivity index (χ3v) is 5.90. The average molecular weight is 470 g/mol. The molecule has 0 radical (unpaired) electrons. The first-order valence-corrected chi connectivity index (χ1v) is 11.1. The Bertz CT molecular complexity index is 1030. The van der Waals surface area contributed by atoms with E-state index in [-0.39, 0.29) is 42.2 Å². The van der Waals surface area contributed by atoms with Gasteiger partial charge in [0, 0.05) is 58.2 Å². The molecule has 182 valence electrons. The lowest BCUT2D eigenvalue weighted by Crippen LogP contribution is -2.48. The number of likely N-dealkylation sites (N-methyl/N-ethyl adjacent to an activating group) is 1. The van der Waals surface area contributed by atoms with E-state index in [0.29, 0.717) is 30.1 Å². The number of anilines is 1. The predicted molar refractivity (Wildman–Crippen MR) is 126 cm³/mol. The van der Waals surface area contributed by atoms with Gasteiger partial charge < -0.3 is 24.6 Å². The van der Waals surface area contributed by atoms with E-state index in [1.165, 1.54) is 25.5 Å². The smallest absolute Gasteiger partial charge is 0.275 e. The van der Waals surface area contributed by atoms with Gasteiger partial charge in [-0.3, -0.25) is 19.4 Å². The van der Waals surface area contributed by atoms with Crippen LogP contribution < -0.4 is 10.1 Å². The number of hydrogen-bond donors (Lipinski definition) is 1. The number of nitrogens with one attached hydrogen (secondary N) is 1. The minimum absolute atomic E-state index is 0.0110. The summed E-state index contributed by atoms with van der Waals surface area (Å²) < 4.78 is 11.7. The van der Waals surface area contributed by atoms with E-state index >= 15 is 0 Å². The van der Waals surface area contributed by atoms with Gasteiger partial charge in [0.05, 0.1) is 23.9 Å². The highest BCUT2D eigenvalue weighted by Crippen LogP contribution is 2.26. The summed E-state index contributed by atoms with van der Waals surface area (Å²) in [7, 11) is 3.29. The number of carbonyl (C=O) groups is 3. The molecule has 34 heavy (non-hydrogen) atoms. The molecule has 1 N–H and O–H groups in total. The fourth-order valence-electron chi connectivity index (χ4n) is 3.90.